The first-order valence-electron chi connectivity index (χ1n) is 8.39. The Balaban J connectivity index is 2.08. The number of benzene rings is 1. The molecule has 3 N–H and O–H groups in total. The Morgan fingerprint density at radius 3 is 2.40 bits per heavy atom. The van der Waals surface area contributed by atoms with Crippen LogP contribution in [0.4, 0.5) is 26.7 Å². The summed E-state index contributed by atoms with van der Waals surface area (Å²) in [6.45, 7) is -3.12. The van der Waals surface area contributed by atoms with Gasteiger partial charge >= 0.3 is 18.8 Å². The van der Waals surface area contributed by atoms with Crippen molar-refractivity contribution < 1.29 is 41.4 Å². The van der Waals surface area contributed by atoms with E-state index in [2.05, 4.69) is 15.0 Å². The van der Waals surface area contributed by atoms with Gasteiger partial charge in [0.15, 0.2) is 5.78 Å². The van der Waals surface area contributed by atoms with Crippen molar-refractivity contribution in [2.75, 3.05) is 0 Å². The molecule has 1 aliphatic heterocycles. The highest BCUT2D eigenvalue weighted by Crippen LogP contribution is 2.44. The zero-order valence-electron chi connectivity index (χ0n) is 14.9. The minimum atomic E-state index is -5.41. The number of rotatable bonds is 5. The normalized spacial score (nSPS) is 24.2. The quantitative estimate of drug-likeness (QED) is 0.500. The van der Waals surface area contributed by atoms with Gasteiger partial charge in [-0.05, 0) is 29.8 Å². The van der Waals surface area contributed by atoms with E-state index in [9.17, 15) is 36.6 Å². The number of Topliss-reactive ketones (excluding diaryl/α,β-unsaturated/α-hetero) is 1. The van der Waals surface area contributed by atoms with Gasteiger partial charge in [0.05, 0.1) is 6.04 Å². The molecule has 0 spiro atoms. The summed E-state index contributed by atoms with van der Waals surface area (Å²) in [6, 6.07) is 3.80. The second-order valence-corrected chi connectivity index (χ2v) is 6.37. The Morgan fingerprint density at radius 2 is 1.87 bits per heavy atom. The second kappa shape index (κ2) is 7.86. The number of ketones is 1. The Hall–Kier alpha value is -3.28. The van der Waals surface area contributed by atoms with E-state index >= 15 is 0 Å². The molecule has 2 heterocycles. The standard InChI is InChI=1S/C18H14F5N3O4/c19-15(20)30-11-5-3-9(4-6-11)13-12(14(27)10-2-1-7-24-8-10)17(29,18(21,22)23)26-16(28)25-13/h1-8,12-13,15,29H,(H2,25,26,28). The van der Waals surface area contributed by atoms with E-state index in [1.165, 1.54) is 23.6 Å². The molecule has 2 aromatic rings. The van der Waals surface area contributed by atoms with Gasteiger partial charge in [-0.15, -0.1) is 0 Å². The summed E-state index contributed by atoms with van der Waals surface area (Å²) in [5, 5.41) is 14.0. The molecule has 1 fully saturated rings. The van der Waals surface area contributed by atoms with Gasteiger partial charge in [-0.1, -0.05) is 12.1 Å². The summed E-state index contributed by atoms with van der Waals surface area (Å²) in [6.07, 6.45) is -3.09. The lowest BCUT2D eigenvalue weighted by Crippen LogP contribution is -2.72. The fraction of sp³-hybridized carbons (Fsp3) is 0.278. The number of nitrogens with one attached hydrogen (secondary N) is 2. The van der Waals surface area contributed by atoms with Crippen LogP contribution < -0.4 is 15.4 Å². The molecule has 0 radical (unpaired) electrons. The molecule has 1 aliphatic rings. The predicted molar refractivity (Wildman–Crippen MR) is 90.5 cm³/mol. The van der Waals surface area contributed by atoms with Crippen molar-refractivity contribution in [1.82, 2.24) is 15.6 Å². The van der Waals surface area contributed by atoms with Crippen LogP contribution in [-0.4, -0.2) is 40.4 Å². The number of nitrogens with zero attached hydrogens (tertiary/aromatic N) is 1. The van der Waals surface area contributed by atoms with Crippen LogP contribution in [-0.2, 0) is 0 Å². The Bertz CT molecular complexity index is 924. The van der Waals surface area contributed by atoms with Crippen molar-refractivity contribution in [1.29, 1.82) is 0 Å². The highest BCUT2D eigenvalue weighted by atomic mass is 19.4. The first-order chi connectivity index (χ1) is 14.0. The van der Waals surface area contributed by atoms with E-state index < -0.39 is 42.3 Å². The van der Waals surface area contributed by atoms with Gasteiger partial charge in [0.1, 0.15) is 11.7 Å². The predicted octanol–water partition coefficient (Wildman–Crippen LogP) is 2.79. The molecular weight excluding hydrogens is 417 g/mol. The fourth-order valence-electron chi connectivity index (χ4n) is 3.16. The van der Waals surface area contributed by atoms with Crippen LogP contribution in [0.15, 0.2) is 48.8 Å². The maximum atomic E-state index is 13.8. The Kier molecular flexibility index (Phi) is 5.61. The van der Waals surface area contributed by atoms with Crippen molar-refractivity contribution in [3.8, 4) is 5.75 Å². The van der Waals surface area contributed by atoms with E-state index in [0.717, 1.165) is 30.5 Å². The van der Waals surface area contributed by atoms with Gasteiger partial charge in [0.25, 0.3) is 0 Å². The van der Waals surface area contributed by atoms with Crippen molar-refractivity contribution in [2.45, 2.75) is 24.6 Å². The molecule has 0 saturated carbocycles. The molecule has 2 amide bonds. The lowest BCUT2D eigenvalue weighted by atomic mass is 9.77. The van der Waals surface area contributed by atoms with Gasteiger partial charge in [-0.3, -0.25) is 9.78 Å². The number of pyridine rings is 1. The van der Waals surface area contributed by atoms with Gasteiger partial charge in [0, 0.05) is 18.0 Å². The van der Waals surface area contributed by atoms with Crippen LogP contribution in [0, 0.1) is 5.92 Å². The molecule has 1 saturated heterocycles. The number of urea groups is 1. The van der Waals surface area contributed by atoms with Crippen LogP contribution in [0.5, 0.6) is 5.75 Å². The number of halogens is 5. The Morgan fingerprint density at radius 1 is 1.20 bits per heavy atom. The summed E-state index contributed by atoms with van der Waals surface area (Å²) >= 11 is 0. The molecule has 3 unspecified atom stereocenters. The van der Waals surface area contributed by atoms with Crippen LogP contribution in [0.3, 0.4) is 0 Å². The van der Waals surface area contributed by atoms with Crippen LogP contribution in [0.2, 0.25) is 0 Å². The summed E-state index contributed by atoms with van der Waals surface area (Å²) in [4.78, 5) is 28.5. The molecule has 1 aromatic carbocycles. The lowest BCUT2D eigenvalue weighted by molar-refractivity contribution is -0.287. The number of hydrogen-bond donors (Lipinski definition) is 3. The molecule has 0 aliphatic carbocycles. The number of ether oxygens (including phenoxy) is 1. The van der Waals surface area contributed by atoms with Gasteiger partial charge in [-0.25, -0.2) is 4.79 Å². The molecule has 30 heavy (non-hydrogen) atoms. The number of amides is 2. The summed E-state index contributed by atoms with van der Waals surface area (Å²) in [5.74, 6) is -3.68. The molecule has 3 atom stereocenters. The number of hydrogen-bond acceptors (Lipinski definition) is 5. The highest BCUT2D eigenvalue weighted by Gasteiger charge is 2.66. The maximum absolute atomic E-state index is 13.8. The largest absolute Gasteiger partial charge is 0.437 e. The topological polar surface area (TPSA) is 101 Å². The van der Waals surface area contributed by atoms with Gasteiger partial charge < -0.3 is 20.5 Å². The van der Waals surface area contributed by atoms with Crippen LogP contribution >= 0.6 is 0 Å². The molecular formula is C18H14F5N3O4. The van der Waals surface area contributed by atoms with Crippen molar-refractivity contribution in [3.63, 3.8) is 0 Å². The minimum Gasteiger partial charge on any atom is -0.435 e. The van der Waals surface area contributed by atoms with Gasteiger partial charge in [0.2, 0.25) is 5.72 Å². The lowest BCUT2D eigenvalue weighted by Gasteiger charge is -2.45. The van der Waals surface area contributed by atoms with E-state index in [4.69, 9.17) is 0 Å². The summed E-state index contributed by atoms with van der Waals surface area (Å²) in [5.41, 5.74) is -4.17. The van der Waals surface area contributed by atoms with Crippen molar-refractivity contribution >= 4 is 11.8 Å². The molecule has 1 aromatic heterocycles. The summed E-state index contributed by atoms with van der Waals surface area (Å²) in [7, 11) is 0. The smallest absolute Gasteiger partial charge is 0.435 e. The number of carbonyl (C=O) groups is 2. The van der Waals surface area contributed by atoms with E-state index in [0.29, 0.717) is 0 Å². The van der Waals surface area contributed by atoms with E-state index in [-0.39, 0.29) is 16.9 Å². The first kappa shape index (κ1) is 21.4. The molecule has 7 nitrogen and oxygen atoms in total. The van der Waals surface area contributed by atoms with Crippen molar-refractivity contribution in [3.05, 3.63) is 59.9 Å². The molecule has 0 bridgehead atoms. The summed E-state index contributed by atoms with van der Waals surface area (Å²) < 4.78 is 70.1. The third-order valence-electron chi connectivity index (χ3n) is 4.50. The highest BCUT2D eigenvalue weighted by molar-refractivity contribution is 6.00. The van der Waals surface area contributed by atoms with E-state index in [1.54, 1.807) is 0 Å². The SMILES string of the molecule is O=C1NC(c2ccc(OC(F)F)cc2)C(C(=O)c2cccnc2)C(O)(C(F)(F)F)N1. The Labute approximate surface area is 165 Å². The monoisotopic (exact) mass is 431 g/mol. The molecule has 12 heteroatoms. The number of aliphatic hydroxyl groups is 1. The zero-order valence-corrected chi connectivity index (χ0v) is 14.9. The van der Waals surface area contributed by atoms with Crippen molar-refractivity contribution in [2.24, 2.45) is 5.92 Å². The maximum Gasteiger partial charge on any atom is 0.437 e. The average molecular weight is 431 g/mol. The minimum absolute atomic E-state index is 0.0450. The number of carbonyl (C=O) groups excluding carboxylic acids is 2. The average Bonchev–Trinajstić information content (AvgIpc) is 2.67. The fourth-order valence-corrected chi connectivity index (χ4v) is 3.16. The van der Waals surface area contributed by atoms with Crippen LogP contribution in [0.1, 0.15) is 22.0 Å². The molecule has 3 rings (SSSR count). The number of alkyl halides is 5. The third-order valence-corrected chi connectivity index (χ3v) is 4.50. The zero-order chi connectivity index (χ0) is 22.1. The third kappa shape index (κ3) is 4.03. The van der Waals surface area contributed by atoms with Gasteiger partial charge in [-0.2, -0.15) is 22.0 Å². The first-order valence-corrected chi connectivity index (χ1v) is 8.39. The van der Waals surface area contributed by atoms with E-state index in [1.807, 2.05) is 0 Å². The molecule has 160 valence electrons. The second-order valence-electron chi connectivity index (χ2n) is 6.37. The van der Waals surface area contributed by atoms with Crippen LogP contribution in [0.25, 0.3) is 0 Å². The number of aromatic nitrogens is 1.